The lowest BCUT2D eigenvalue weighted by Gasteiger charge is -2.36. The van der Waals surface area contributed by atoms with E-state index in [0.29, 0.717) is 13.0 Å². The molecule has 0 radical (unpaired) electrons. The number of nitrogens with one attached hydrogen (secondary N) is 2. The Hall–Kier alpha value is -2.06. The molecule has 3 atom stereocenters. The molecule has 1 aromatic heterocycles. The van der Waals surface area contributed by atoms with E-state index < -0.39 is 6.10 Å². The fourth-order valence-corrected chi connectivity index (χ4v) is 3.85. The minimum absolute atomic E-state index is 0.0519. The highest BCUT2D eigenvalue weighted by Gasteiger charge is 2.33. The van der Waals surface area contributed by atoms with E-state index in [0.717, 1.165) is 38.5 Å². The zero-order valence-electron chi connectivity index (χ0n) is 15.5. The third-order valence-electron chi connectivity index (χ3n) is 5.40. The maximum absolute atomic E-state index is 12.3. The van der Waals surface area contributed by atoms with Crippen molar-refractivity contribution in [3.63, 3.8) is 0 Å². The standard InChI is InChI=1S/C19H28N4O4/c24-12-17-15(23-18(25)13-3-1-2-4-13)6-5-14(27-17)7-8-22-19(26)16-11-20-9-10-21-16/h9-11,13-15,17,24H,1-8,12H2,(H,22,26)(H,23,25)/t14-,15+,17-/m0/s1. The molecule has 1 aliphatic carbocycles. The minimum atomic E-state index is -0.398. The molecule has 0 aromatic carbocycles. The summed E-state index contributed by atoms with van der Waals surface area (Å²) in [6.45, 7) is 0.329. The Balaban J connectivity index is 1.41. The van der Waals surface area contributed by atoms with E-state index in [9.17, 15) is 14.7 Å². The second-order valence-corrected chi connectivity index (χ2v) is 7.29. The molecule has 27 heavy (non-hydrogen) atoms. The second kappa shape index (κ2) is 9.75. The van der Waals surface area contributed by atoms with Gasteiger partial charge in [0.15, 0.2) is 0 Å². The van der Waals surface area contributed by atoms with Gasteiger partial charge in [-0.1, -0.05) is 12.8 Å². The smallest absolute Gasteiger partial charge is 0.271 e. The van der Waals surface area contributed by atoms with Crippen LogP contribution in [0.25, 0.3) is 0 Å². The van der Waals surface area contributed by atoms with Gasteiger partial charge in [0.1, 0.15) is 11.8 Å². The van der Waals surface area contributed by atoms with Crippen LogP contribution < -0.4 is 10.6 Å². The molecule has 8 heteroatoms. The first kappa shape index (κ1) is 19.7. The highest BCUT2D eigenvalue weighted by Crippen LogP contribution is 2.26. The summed E-state index contributed by atoms with van der Waals surface area (Å²) in [7, 11) is 0. The summed E-state index contributed by atoms with van der Waals surface area (Å²) < 4.78 is 5.96. The fourth-order valence-electron chi connectivity index (χ4n) is 3.85. The van der Waals surface area contributed by atoms with Crippen LogP contribution in [0.3, 0.4) is 0 Å². The predicted octanol–water partition coefficient (Wildman–Crippen LogP) is 0.811. The molecule has 3 rings (SSSR count). The lowest BCUT2D eigenvalue weighted by atomic mass is 9.96. The molecule has 2 amide bonds. The summed E-state index contributed by atoms with van der Waals surface area (Å²) in [5, 5.41) is 15.5. The summed E-state index contributed by atoms with van der Waals surface area (Å²) in [4.78, 5) is 32.1. The number of aliphatic hydroxyl groups is 1. The summed E-state index contributed by atoms with van der Waals surface area (Å²) in [5.74, 6) is -0.0630. The first-order valence-corrected chi connectivity index (χ1v) is 9.78. The van der Waals surface area contributed by atoms with Crippen molar-refractivity contribution >= 4 is 11.8 Å². The Labute approximate surface area is 159 Å². The quantitative estimate of drug-likeness (QED) is 0.649. The van der Waals surface area contributed by atoms with Crippen LogP contribution in [0.5, 0.6) is 0 Å². The van der Waals surface area contributed by atoms with Crippen LogP contribution in [0.4, 0.5) is 0 Å². The lowest BCUT2D eigenvalue weighted by molar-refractivity contribution is -0.131. The highest BCUT2D eigenvalue weighted by atomic mass is 16.5. The van der Waals surface area contributed by atoms with Gasteiger partial charge in [-0.05, 0) is 32.1 Å². The van der Waals surface area contributed by atoms with E-state index in [1.54, 1.807) is 0 Å². The SMILES string of the molecule is O=C(NCC[C@@H]1CC[C@@H](NC(=O)C2CCCC2)[C@H](CO)O1)c1cnccn1. The fraction of sp³-hybridized carbons (Fsp3) is 0.684. The first-order chi connectivity index (χ1) is 13.2. The second-order valence-electron chi connectivity index (χ2n) is 7.29. The molecular weight excluding hydrogens is 348 g/mol. The van der Waals surface area contributed by atoms with Gasteiger partial charge in [-0.3, -0.25) is 14.6 Å². The third-order valence-corrected chi connectivity index (χ3v) is 5.40. The van der Waals surface area contributed by atoms with Gasteiger partial charge in [-0.2, -0.15) is 0 Å². The molecule has 8 nitrogen and oxygen atoms in total. The monoisotopic (exact) mass is 376 g/mol. The highest BCUT2D eigenvalue weighted by molar-refractivity contribution is 5.91. The van der Waals surface area contributed by atoms with E-state index in [4.69, 9.17) is 4.74 Å². The van der Waals surface area contributed by atoms with Gasteiger partial charge in [-0.25, -0.2) is 4.98 Å². The van der Waals surface area contributed by atoms with Crippen molar-refractivity contribution in [1.29, 1.82) is 0 Å². The number of ether oxygens (including phenoxy) is 1. The molecule has 0 spiro atoms. The molecule has 2 heterocycles. The average Bonchev–Trinajstić information content (AvgIpc) is 3.24. The number of carbonyl (C=O) groups excluding carboxylic acids is 2. The Kier molecular flexibility index (Phi) is 7.11. The Morgan fingerprint density at radius 2 is 2.00 bits per heavy atom. The van der Waals surface area contributed by atoms with Gasteiger partial charge in [0.2, 0.25) is 5.91 Å². The van der Waals surface area contributed by atoms with E-state index in [-0.39, 0.29) is 42.2 Å². The van der Waals surface area contributed by atoms with Crippen molar-refractivity contribution in [2.75, 3.05) is 13.2 Å². The molecule has 1 saturated heterocycles. The van der Waals surface area contributed by atoms with Gasteiger partial charge in [0.25, 0.3) is 5.91 Å². The lowest BCUT2D eigenvalue weighted by Crippen LogP contribution is -2.52. The number of amides is 2. The third kappa shape index (κ3) is 5.46. The molecule has 148 valence electrons. The number of nitrogens with zero attached hydrogens (tertiary/aromatic N) is 2. The van der Waals surface area contributed by atoms with Crippen molar-refractivity contribution in [2.24, 2.45) is 5.92 Å². The number of aromatic nitrogens is 2. The van der Waals surface area contributed by atoms with Gasteiger partial charge in [0, 0.05) is 24.9 Å². The van der Waals surface area contributed by atoms with Crippen LogP contribution >= 0.6 is 0 Å². The molecular formula is C19H28N4O4. The van der Waals surface area contributed by atoms with Crippen molar-refractivity contribution in [3.8, 4) is 0 Å². The van der Waals surface area contributed by atoms with Crippen LogP contribution in [0, 0.1) is 5.92 Å². The van der Waals surface area contributed by atoms with Crippen LogP contribution in [0.2, 0.25) is 0 Å². The Bertz CT molecular complexity index is 621. The van der Waals surface area contributed by atoms with Gasteiger partial charge in [0.05, 0.1) is 24.9 Å². The van der Waals surface area contributed by atoms with Gasteiger partial charge < -0.3 is 20.5 Å². The van der Waals surface area contributed by atoms with Crippen LogP contribution in [0.15, 0.2) is 18.6 Å². The largest absolute Gasteiger partial charge is 0.394 e. The van der Waals surface area contributed by atoms with E-state index in [1.807, 2.05) is 0 Å². The normalized spacial score (nSPS) is 25.9. The summed E-state index contributed by atoms with van der Waals surface area (Å²) >= 11 is 0. The van der Waals surface area contributed by atoms with E-state index >= 15 is 0 Å². The zero-order chi connectivity index (χ0) is 19.1. The summed E-state index contributed by atoms with van der Waals surface area (Å²) in [6, 6.07) is -0.145. The summed E-state index contributed by atoms with van der Waals surface area (Å²) in [6.07, 6.45) is 10.3. The molecule has 0 unspecified atom stereocenters. The predicted molar refractivity (Wildman–Crippen MR) is 97.9 cm³/mol. The molecule has 3 N–H and O–H groups in total. The topological polar surface area (TPSA) is 113 Å². The Morgan fingerprint density at radius 1 is 1.19 bits per heavy atom. The number of aliphatic hydroxyl groups excluding tert-OH is 1. The Morgan fingerprint density at radius 3 is 2.70 bits per heavy atom. The number of carbonyl (C=O) groups is 2. The molecule has 2 fully saturated rings. The average molecular weight is 376 g/mol. The van der Waals surface area contributed by atoms with E-state index in [1.165, 1.54) is 18.6 Å². The molecule has 1 saturated carbocycles. The van der Waals surface area contributed by atoms with Gasteiger partial charge in [-0.15, -0.1) is 0 Å². The molecule has 1 aliphatic heterocycles. The molecule has 1 aromatic rings. The summed E-state index contributed by atoms with van der Waals surface area (Å²) in [5.41, 5.74) is 0.282. The van der Waals surface area contributed by atoms with Gasteiger partial charge >= 0.3 is 0 Å². The van der Waals surface area contributed by atoms with Crippen LogP contribution in [-0.4, -0.2) is 58.3 Å². The number of hydrogen-bond acceptors (Lipinski definition) is 6. The van der Waals surface area contributed by atoms with Crippen LogP contribution in [-0.2, 0) is 9.53 Å². The minimum Gasteiger partial charge on any atom is -0.394 e. The van der Waals surface area contributed by atoms with Crippen LogP contribution in [0.1, 0.15) is 55.4 Å². The van der Waals surface area contributed by atoms with E-state index in [2.05, 4.69) is 20.6 Å². The first-order valence-electron chi connectivity index (χ1n) is 9.78. The van der Waals surface area contributed by atoms with Crippen molar-refractivity contribution in [3.05, 3.63) is 24.3 Å². The molecule has 0 bridgehead atoms. The zero-order valence-corrected chi connectivity index (χ0v) is 15.5. The maximum Gasteiger partial charge on any atom is 0.271 e. The van der Waals surface area contributed by atoms with Crippen molar-refractivity contribution < 1.29 is 19.4 Å². The van der Waals surface area contributed by atoms with Crippen molar-refractivity contribution in [2.45, 2.75) is 63.2 Å². The number of hydrogen-bond donors (Lipinski definition) is 3. The number of rotatable bonds is 7. The molecule has 2 aliphatic rings. The maximum atomic E-state index is 12.3. The van der Waals surface area contributed by atoms with Crippen molar-refractivity contribution in [1.82, 2.24) is 20.6 Å².